The number of benzene rings is 2. The summed E-state index contributed by atoms with van der Waals surface area (Å²) in [6.07, 6.45) is -5.42. The van der Waals surface area contributed by atoms with E-state index in [1.165, 1.54) is 5.56 Å². The molecule has 0 aromatic heterocycles. The first-order valence-electron chi connectivity index (χ1n) is 11.8. The van der Waals surface area contributed by atoms with Crippen molar-refractivity contribution < 1.29 is 40.6 Å². The third kappa shape index (κ3) is 5.07. The van der Waals surface area contributed by atoms with Crippen LogP contribution in [0.15, 0.2) is 42.5 Å². The number of halogens is 7. The van der Waals surface area contributed by atoms with Gasteiger partial charge in [-0.05, 0) is 74.8 Å². The van der Waals surface area contributed by atoms with Gasteiger partial charge in [0.05, 0.1) is 35.4 Å². The summed E-state index contributed by atoms with van der Waals surface area (Å²) in [5.74, 6) is 0.486. The van der Waals surface area contributed by atoms with Crippen LogP contribution in [-0.4, -0.2) is 52.5 Å². The molecule has 2 aliphatic heterocycles. The first kappa shape index (κ1) is 27.4. The molecule has 0 radical (unpaired) electrons. The molecule has 1 spiro atoms. The molecule has 2 heterocycles. The van der Waals surface area contributed by atoms with Crippen molar-refractivity contribution in [2.45, 2.75) is 68.2 Å². The van der Waals surface area contributed by atoms with Crippen molar-refractivity contribution in [2.75, 3.05) is 14.1 Å². The van der Waals surface area contributed by atoms with Gasteiger partial charge >= 0.3 is 12.4 Å². The van der Waals surface area contributed by atoms with Gasteiger partial charge in [0, 0.05) is 5.92 Å². The third-order valence-corrected chi connectivity index (χ3v) is 7.64. The quantitative estimate of drug-likeness (QED) is 0.414. The molecule has 2 aromatic carbocycles. The van der Waals surface area contributed by atoms with E-state index in [0.717, 1.165) is 25.7 Å². The van der Waals surface area contributed by atoms with Gasteiger partial charge in [0.2, 0.25) is 5.91 Å². The zero-order chi connectivity index (χ0) is 27.3. The van der Waals surface area contributed by atoms with E-state index < -0.39 is 35.6 Å². The van der Waals surface area contributed by atoms with Crippen LogP contribution in [0.1, 0.15) is 53.9 Å². The van der Waals surface area contributed by atoms with Crippen molar-refractivity contribution in [1.82, 2.24) is 9.80 Å². The standard InChI is InChI=1S/C17H21FN2O.C9H6F6O/c1-19(2)14-10-15-17(20(15)16(14)21)9-3-4-13(17)11-5-7-12(18)8-6-11;10-8(11,12)6-1-5(4-16)2-7(3-6)9(13,14)15/h5-8,13-15H,3-4,9-10H2,1-2H3;1-3,16H,4H2. The number of piperidine rings is 1. The van der Waals surface area contributed by atoms with E-state index in [4.69, 9.17) is 5.11 Å². The molecule has 2 aromatic rings. The second-order valence-corrected chi connectivity index (χ2v) is 10.00. The highest BCUT2D eigenvalue weighted by Crippen LogP contribution is 2.64. The summed E-state index contributed by atoms with van der Waals surface area (Å²) in [6, 6.07) is 8.30. The molecule has 1 N–H and O–H groups in total. The number of aliphatic hydroxyl groups is 1. The maximum atomic E-state index is 13.1. The van der Waals surface area contributed by atoms with Gasteiger partial charge in [-0.15, -0.1) is 0 Å². The molecule has 1 saturated carbocycles. The number of fused-ring (bicyclic) bond motifs is 3. The molecule has 37 heavy (non-hydrogen) atoms. The van der Waals surface area contributed by atoms with Gasteiger partial charge in [0.25, 0.3) is 0 Å². The fourth-order valence-electron chi connectivity index (χ4n) is 5.94. The molecular formula is C26H27F7N2O2. The number of likely N-dealkylation sites (N-methyl/N-ethyl adjacent to an activating group) is 1. The van der Waals surface area contributed by atoms with Gasteiger partial charge in [0.1, 0.15) is 5.82 Å². The molecule has 4 atom stereocenters. The van der Waals surface area contributed by atoms with Crippen molar-refractivity contribution in [3.05, 3.63) is 70.5 Å². The van der Waals surface area contributed by atoms with Crippen LogP contribution >= 0.6 is 0 Å². The Bertz CT molecular complexity index is 1110. The highest BCUT2D eigenvalue weighted by Gasteiger charge is 2.74. The molecule has 1 aliphatic carbocycles. The fourth-order valence-corrected chi connectivity index (χ4v) is 5.94. The number of rotatable bonds is 3. The monoisotopic (exact) mass is 532 g/mol. The summed E-state index contributed by atoms with van der Waals surface area (Å²) in [7, 11) is 3.96. The normalized spacial score (nSPS) is 26.9. The number of hydrogen-bond donors (Lipinski definition) is 1. The van der Waals surface area contributed by atoms with E-state index >= 15 is 0 Å². The SMILES string of the molecule is CN(C)C1CC2N(C1=O)C21CCCC1c1ccc(F)cc1.OCc1cc(C(F)(F)F)cc(C(F)(F)F)c1. The summed E-state index contributed by atoms with van der Waals surface area (Å²) in [5.41, 5.74) is -2.04. The summed E-state index contributed by atoms with van der Waals surface area (Å²) in [4.78, 5) is 16.8. The molecular weight excluding hydrogens is 505 g/mol. The van der Waals surface area contributed by atoms with Gasteiger partial charge in [-0.2, -0.15) is 26.3 Å². The van der Waals surface area contributed by atoms with Crippen LogP contribution in [0, 0.1) is 5.82 Å². The minimum atomic E-state index is -4.87. The first-order valence-corrected chi connectivity index (χ1v) is 11.8. The summed E-state index contributed by atoms with van der Waals surface area (Å²) in [5, 5.41) is 8.58. The Morgan fingerprint density at radius 3 is 2.00 bits per heavy atom. The average molecular weight is 533 g/mol. The molecule has 3 fully saturated rings. The number of nitrogens with zero attached hydrogens (tertiary/aromatic N) is 2. The highest BCUT2D eigenvalue weighted by atomic mass is 19.4. The Kier molecular flexibility index (Phi) is 7.09. The Hall–Kier alpha value is -2.66. The second kappa shape index (κ2) is 9.58. The van der Waals surface area contributed by atoms with Gasteiger partial charge < -0.3 is 10.0 Å². The lowest BCUT2D eigenvalue weighted by atomic mass is 9.83. The molecule has 3 aliphatic rings. The van der Waals surface area contributed by atoms with E-state index in [-0.39, 0.29) is 23.5 Å². The van der Waals surface area contributed by atoms with Crippen molar-refractivity contribution >= 4 is 5.91 Å². The molecule has 4 nitrogen and oxygen atoms in total. The smallest absolute Gasteiger partial charge is 0.392 e. The van der Waals surface area contributed by atoms with Gasteiger partial charge in [-0.25, -0.2) is 4.39 Å². The molecule has 5 rings (SSSR count). The average Bonchev–Trinajstić information content (AvgIpc) is 3.05. The largest absolute Gasteiger partial charge is 0.416 e. The Labute approximate surface area is 209 Å². The predicted octanol–water partition coefficient (Wildman–Crippen LogP) is 5.59. The minimum Gasteiger partial charge on any atom is -0.392 e. The number of amides is 1. The minimum absolute atomic E-state index is 0.0131. The molecule has 2 saturated heterocycles. The summed E-state index contributed by atoms with van der Waals surface area (Å²) < 4.78 is 86.5. The summed E-state index contributed by atoms with van der Waals surface area (Å²) >= 11 is 0. The number of alkyl halides is 6. The van der Waals surface area contributed by atoms with E-state index in [0.29, 0.717) is 30.0 Å². The topological polar surface area (TPSA) is 43.5 Å². The zero-order valence-electron chi connectivity index (χ0n) is 20.2. The van der Waals surface area contributed by atoms with E-state index in [1.54, 1.807) is 12.1 Å². The van der Waals surface area contributed by atoms with E-state index in [1.807, 2.05) is 31.1 Å². The second-order valence-electron chi connectivity index (χ2n) is 10.00. The zero-order valence-corrected chi connectivity index (χ0v) is 20.2. The maximum Gasteiger partial charge on any atom is 0.416 e. The van der Waals surface area contributed by atoms with Crippen molar-refractivity contribution in [1.29, 1.82) is 0 Å². The fraction of sp³-hybridized carbons (Fsp3) is 0.500. The van der Waals surface area contributed by atoms with Gasteiger partial charge in [-0.3, -0.25) is 9.69 Å². The van der Waals surface area contributed by atoms with Crippen molar-refractivity contribution in [2.24, 2.45) is 0 Å². The lowest BCUT2D eigenvalue weighted by Gasteiger charge is -2.27. The van der Waals surface area contributed by atoms with E-state index in [2.05, 4.69) is 4.90 Å². The lowest BCUT2D eigenvalue weighted by Crippen LogP contribution is -2.41. The Morgan fingerprint density at radius 2 is 1.57 bits per heavy atom. The van der Waals surface area contributed by atoms with Gasteiger partial charge in [-0.1, -0.05) is 18.6 Å². The number of carbonyl (C=O) groups is 1. The molecule has 0 bridgehead atoms. The van der Waals surface area contributed by atoms with Crippen LogP contribution in [0.25, 0.3) is 0 Å². The van der Waals surface area contributed by atoms with Gasteiger partial charge in [0.15, 0.2) is 0 Å². The van der Waals surface area contributed by atoms with Crippen molar-refractivity contribution in [3.63, 3.8) is 0 Å². The molecule has 202 valence electrons. The van der Waals surface area contributed by atoms with Crippen LogP contribution < -0.4 is 0 Å². The Balaban J connectivity index is 0.000000181. The first-order chi connectivity index (χ1) is 17.2. The molecule has 4 unspecified atom stereocenters. The third-order valence-electron chi connectivity index (χ3n) is 7.64. The van der Waals surface area contributed by atoms with E-state index in [9.17, 15) is 35.5 Å². The number of aliphatic hydroxyl groups excluding tert-OH is 1. The van der Waals surface area contributed by atoms with Crippen LogP contribution in [-0.2, 0) is 23.8 Å². The highest BCUT2D eigenvalue weighted by molar-refractivity contribution is 5.90. The van der Waals surface area contributed by atoms with Crippen LogP contribution in [0.5, 0.6) is 0 Å². The maximum absolute atomic E-state index is 13.1. The molecule has 1 amide bonds. The number of hydrogen-bond acceptors (Lipinski definition) is 3. The molecule has 11 heteroatoms. The lowest BCUT2D eigenvalue weighted by molar-refractivity contribution is -0.143. The van der Waals surface area contributed by atoms with Crippen molar-refractivity contribution in [3.8, 4) is 0 Å². The Morgan fingerprint density at radius 1 is 1.00 bits per heavy atom. The van der Waals surface area contributed by atoms with Crippen LogP contribution in [0.3, 0.4) is 0 Å². The van der Waals surface area contributed by atoms with Crippen LogP contribution in [0.2, 0.25) is 0 Å². The predicted molar refractivity (Wildman–Crippen MR) is 121 cm³/mol. The number of carbonyl (C=O) groups excluding carboxylic acids is 1. The van der Waals surface area contributed by atoms with Crippen LogP contribution in [0.4, 0.5) is 30.7 Å². The summed E-state index contributed by atoms with van der Waals surface area (Å²) in [6.45, 7) is -0.882.